The predicted octanol–water partition coefficient (Wildman–Crippen LogP) is 4.36. The molecule has 2 nitrogen and oxygen atoms in total. The fourth-order valence-electron chi connectivity index (χ4n) is 3.01. The maximum absolute atomic E-state index is 4.76. The number of rotatable bonds is 6. The van der Waals surface area contributed by atoms with Gasteiger partial charge in [0.2, 0.25) is 0 Å². The minimum atomic E-state index is 0.197. The lowest BCUT2D eigenvalue weighted by molar-refractivity contribution is 0.300. The van der Waals surface area contributed by atoms with Gasteiger partial charge in [-0.1, -0.05) is 50.6 Å². The lowest BCUT2D eigenvalue weighted by Gasteiger charge is -2.40. The van der Waals surface area contributed by atoms with Crippen LogP contribution >= 0.6 is 11.3 Å². The first-order valence-electron chi connectivity index (χ1n) is 7.92. The van der Waals surface area contributed by atoms with Crippen LogP contribution in [0.25, 0.3) is 0 Å². The smallest absolute Gasteiger partial charge is 0.103 e. The summed E-state index contributed by atoms with van der Waals surface area (Å²) in [6.45, 7) is 6.49. The highest BCUT2D eigenvalue weighted by Gasteiger charge is 2.42. The van der Waals surface area contributed by atoms with Crippen LogP contribution in [0.3, 0.4) is 0 Å². The molecule has 3 rings (SSSR count). The van der Waals surface area contributed by atoms with Crippen LogP contribution in [0.15, 0.2) is 36.5 Å². The number of aromatic nitrogens is 1. The Morgan fingerprint density at radius 2 is 2.00 bits per heavy atom. The summed E-state index contributed by atoms with van der Waals surface area (Å²) in [5, 5.41) is 4.82. The van der Waals surface area contributed by atoms with Crippen molar-refractivity contribution in [1.29, 1.82) is 0 Å². The zero-order valence-corrected chi connectivity index (χ0v) is 13.7. The highest BCUT2D eigenvalue weighted by molar-refractivity contribution is 7.11. The van der Waals surface area contributed by atoms with Crippen LogP contribution in [0.1, 0.15) is 48.6 Å². The Morgan fingerprint density at radius 1 is 1.24 bits per heavy atom. The van der Waals surface area contributed by atoms with Gasteiger partial charge in [-0.05, 0) is 30.9 Å². The van der Waals surface area contributed by atoms with Crippen molar-refractivity contribution >= 4 is 11.3 Å². The Kier molecular flexibility index (Phi) is 4.41. The number of thiazole rings is 1. The normalized spacial score (nSPS) is 16.9. The van der Waals surface area contributed by atoms with E-state index in [1.165, 1.54) is 34.7 Å². The second-order valence-corrected chi connectivity index (χ2v) is 7.57. The maximum Gasteiger partial charge on any atom is 0.103 e. The molecule has 0 amide bonds. The zero-order valence-electron chi connectivity index (χ0n) is 12.9. The average molecular weight is 300 g/mol. The van der Waals surface area contributed by atoms with E-state index in [4.69, 9.17) is 4.98 Å². The summed E-state index contributed by atoms with van der Waals surface area (Å²) in [7, 11) is 0. The van der Waals surface area contributed by atoms with Crippen LogP contribution < -0.4 is 5.32 Å². The molecule has 112 valence electrons. The summed E-state index contributed by atoms with van der Waals surface area (Å²) in [5.74, 6) is 0.694. The van der Waals surface area contributed by atoms with Gasteiger partial charge in [0.05, 0.1) is 0 Å². The van der Waals surface area contributed by atoms with Crippen molar-refractivity contribution in [3.63, 3.8) is 0 Å². The number of hydrogen-bond acceptors (Lipinski definition) is 3. The minimum Gasteiger partial charge on any atom is -0.312 e. The van der Waals surface area contributed by atoms with Crippen LogP contribution in [-0.2, 0) is 12.0 Å². The number of nitrogens with one attached hydrogen (secondary N) is 1. The van der Waals surface area contributed by atoms with Crippen molar-refractivity contribution in [3.8, 4) is 0 Å². The summed E-state index contributed by atoms with van der Waals surface area (Å²) in [6.07, 6.45) is 5.86. The van der Waals surface area contributed by atoms with E-state index in [0.29, 0.717) is 5.92 Å². The van der Waals surface area contributed by atoms with Crippen LogP contribution in [0, 0.1) is 5.92 Å². The zero-order chi connectivity index (χ0) is 14.7. The molecule has 1 aromatic heterocycles. The van der Waals surface area contributed by atoms with Gasteiger partial charge in [0.15, 0.2) is 0 Å². The fraction of sp³-hybridized carbons (Fsp3) is 0.500. The van der Waals surface area contributed by atoms with Gasteiger partial charge in [0.25, 0.3) is 0 Å². The van der Waals surface area contributed by atoms with Crippen LogP contribution in [-0.4, -0.2) is 11.5 Å². The molecule has 0 unspecified atom stereocenters. The summed E-state index contributed by atoms with van der Waals surface area (Å²) in [6, 6.07) is 10.9. The quantitative estimate of drug-likeness (QED) is 0.857. The van der Waals surface area contributed by atoms with E-state index in [1.807, 2.05) is 11.3 Å². The van der Waals surface area contributed by atoms with E-state index in [2.05, 4.69) is 55.7 Å². The summed E-state index contributed by atoms with van der Waals surface area (Å²) >= 11 is 1.89. The second-order valence-electron chi connectivity index (χ2n) is 6.46. The van der Waals surface area contributed by atoms with E-state index >= 15 is 0 Å². The van der Waals surface area contributed by atoms with Crippen LogP contribution in [0.2, 0.25) is 0 Å². The Balaban J connectivity index is 1.75. The van der Waals surface area contributed by atoms with E-state index in [9.17, 15) is 0 Å². The lowest BCUT2D eigenvalue weighted by Crippen LogP contribution is -2.35. The summed E-state index contributed by atoms with van der Waals surface area (Å²) in [5.41, 5.74) is 1.63. The van der Waals surface area contributed by atoms with Gasteiger partial charge in [-0.15, -0.1) is 11.3 Å². The van der Waals surface area contributed by atoms with Crippen LogP contribution in [0.5, 0.6) is 0 Å². The van der Waals surface area contributed by atoms with Crippen molar-refractivity contribution in [2.45, 2.75) is 45.1 Å². The third kappa shape index (κ3) is 3.04. The molecular weight excluding hydrogens is 276 g/mol. The van der Waals surface area contributed by atoms with Gasteiger partial charge in [0.1, 0.15) is 5.01 Å². The minimum absolute atomic E-state index is 0.197. The molecule has 1 aliphatic carbocycles. The molecule has 0 saturated heterocycles. The predicted molar refractivity (Wildman–Crippen MR) is 89.7 cm³/mol. The van der Waals surface area contributed by atoms with Gasteiger partial charge in [-0.2, -0.15) is 0 Å². The standard InChI is InChI=1S/C18H24N2S/c1-14(2)11-19-12-16-13-20-17(21-16)18(9-6-10-18)15-7-4-3-5-8-15/h3-5,7-8,13-14,19H,6,9-12H2,1-2H3. The van der Waals surface area contributed by atoms with E-state index in [0.717, 1.165) is 13.1 Å². The van der Waals surface area contributed by atoms with E-state index in [-0.39, 0.29) is 5.41 Å². The molecule has 0 radical (unpaired) electrons. The molecule has 1 heterocycles. The lowest BCUT2D eigenvalue weighted by atomic mass is 9.65. The van der Waals surface area contributed by atoms with E-state index in [1.54, 1.807) is 0 Å². The fourth-order valence-corrected chi connectivity index (χ4v) is 4.16. The first kappa shape index (κ1) is 14.7. The van der Waals surface area contributed by atoms with Crippen molar-refractivity contribution in [3.05, 3.63) is 52.0 Å². The van der Waals surface area contributed by atoms with Crippen LogP contribution in [0.4, 0.5) is 0 Å². The first-order chi connectivity index (χ1) is 10.2. The summed E-state index contributed by atoms with van der Waals surface area (Å²) in [4.78, 5) is 6.12. The third-order valence-corrected chi connectivity index (χ3v) is 5.55. The van der Waals surface area contributed by atoms with Gasteiger partial charge in [0, 0.05) is 23.0 Å². The van der Waals surface area contributed by atoms with Gasteiger partial charge in [-0.25, -0.2) is 4.98 Å². The molecule has 1 fully saturated rings. The Bertz CT molecular complexity index is 570. The van der Waals surface area contributed by atoms with Crippen molar-refractivity contribution in [2.75, 3.05) is 6.54 Å². The molecule has 1 saturated carbocycles. The van der Waals surface area contributed by atoms with Crippen molar-refractivity contribution < 1.29 is 0 Å². The van der Waals surface area contributed by atoms with Gasteiger partial charge >= 0.3 is 0 Å². The molecule has 1 N–H and O–H groups in total. The van der Waals surface area contributed by atoms with Gasteiger partial charge in [-0.3, -0.25) is 0 Å². The Hall–Kier alpha value is -1.19. The highest BCUT2D eigenvalue weighted by Crippen LogP contribution is 2.49. The van der Waals surface area contributed by atoms with Crippen molar-refractivity contribution in [2.24, 2.45) is 5.92 Å². The molecule has 1 aromatic carbocycles. The number of benzene rings is 1. The third-order valence-electron chi connectivity index (χ3n) is 4.35. The molecular formula is C18H24N2S. The molecule has 2 aromatic rings. The van der Waals surface area contributed by atoms with Crippen molar-refractivity contribution in [1.82, 2.24) is 10.3 Å². The molecule has 0 aliphatic heterocycles. The molecule has 0 spiro atoms. The number of nitrogens with zero attached hydrogens (tertiary/aromatic N) is 1. The molecule has 1 aliphatic rings. The highest BCUT2D eigenvalue weighted by atomic mass is 32.1. The monoisotopic (exact) mass is 300 g/mol. The average Bonchev–Trinajstić information content (AvgIpc) is 2.87. The van der Waals surface area contributed by atoms with E-state index < -0.39 is 0 Å². The second kappa shape index (κ2) is 6.29. The Morgan fingerprint density at radius 3 is 2.62 bits per heavy atom. The molecule has 0 bridgehead atoms. The summed E-state index contributed by atoms with van der Waals surface area (Å²) < 4.78 is 0. The number of hydrogen-bond donors (Lipinski definition) is 1. The largest absolute Gasteiger partial charge is 0.312 e. The first-order valence-corrected chi connectivity index (χ1v) is 8.74. The molecule has 3 heteroatoms. The van der Waals surface area contributed by atoms with Gasteiger partial charge < -0.3 is 5.32 Å². The topological polar surface area (TPSA) is 24.9 Å². The maximum atomic E-state index is 4.76. The molecule has 21 heavy (non-hydrogen) atoms. The SMILES string of the molecule is CC(C)CNCc1cnc(C2(c3ccccc3)CCC2)s1. The Labute approximate surface area is 131 Å². The molecule has 0 atom stereocenters.